The molecular weight excluding hydrogens is 204 g/mol. The molecule has 0 spiro atoms. The second kappa shape index (κ2) is 6.24. The highest BCUT2D eigenvalue weighted by Gasteiger charge is 2.23. The summed E-state index contributed by atoms with van der Waals surface area (Å²) >= 11 is 0. The van der Waals surface area contributed by atoms with Crippen LogP contribution in [0, 0.1) is 5.41 Å². The third-order valence-electron chi connectivity index (χ3n) is 2.64. The van der Waals surface area contributed by atoms with E-state index in [-0.39, 0.29) is 12.1 Å². The van der Waals surface area contributed by atoms with Gasteiger partial charge in [0.1, 0.15) is 12.7 Å². The summed E-state index contributed by atoms with van der Waals surface area (Å²) in [6.45, 7) is 7.93. The average Bonchev–Trinajstić information content (AvgIpc) is 2.95. The van der Waals surface area contributed by atoms with Gasteiger partial charge in [-0.1, -0.05) is 33.6 Å². The average molecular weight is 228 g/mol. The molecule has 94 valence electrons. The highest BCUT2D eigenvalue weighted by atomic mass is 16.6. The largest absolute Gasteiger partial charge is 0.463 e. The summed E-state index contributed by atoms with van der Waals surface area (Å²) in [5, 5.41) is 0. The van der Waals surface area contributed by atoms with Crippen LogP contribution in [0.25, 0.3) is 0 Å². The molecule has 1 atom stereocenters. The molecule has 1 aliphatic rings. The summed E-state index contributed by atoms with van der Waals surface area (Å²) in [6.07, 6.45) is 5.22. The molecule has 0 bridgehead atoms. The molecule has 1 heterocycles. The zero-order valence-electron chi connectivity index (χ0n) is 10.8. The van der Waals surface area contributed by atoms with Crippen molar-refractivity contribution in [2.45, 2.75) is 59.0 Å². The van der Waals surface area contributed by atoms with Gasteiger partial charge in [0, 0.05) is 6.42 Å². The molecule has 0 N–H and O–H groups in total. The maximum atomic E-state index is 11.3. The monoisotopic (exact) mass is 228 g/mol. The lowest BCUT2D eigenvalue weighted by Gasteiger charge is -2.17. The van der Waals surface area contributed by atoms with Gasteiger partial charge in [-0.2, -0.15) is 0 Å². The summed E-state index contributed by atoms with van der Waals surface area (Å²) in [6, 6.07) is 0. The second-order valence-electron chi connectivity index (χ2n) is 5.76. The Bertz CT molecular complexity index is 214. The Hall–Kier alpha value is -0.570. The normalized spacial score (nSPS) is 19.6. The van der Waals surface area contributed by atoms with Gasteiger partial charge in [0.15, 0.2) is 0 Å². The van der Waals surface area contributed by atoms with Crippen molar-refractivity contribution >= 4 is 5.97 Å². The van der Waals surface area contributed by atoms with E-state index in [2.05, 4.69) is 20.8 Å². The van der Waals surface area contributed by atoms with E-state index in [0.717, 1.165) is 19.4 Å². The zero-order valence-corrected chi connectivity index (χ0v) is 10.8. The van der Waals surface area contributed by atoms with Crippen LogP contribution in [-0.4, -0.2) is 25.3 Å². The first-order valence-corrected chi connectivity index (χ1v) is 6.24. The first-order chi connectivity index (χ1) is 7.47. The number of hydrogen-bond acceptors (Lipinski definition) is 3. The summed E-state index contributed by atoms with van der Waals surface area (Å²) in [5.41, 5.74) is 0.407. The lowest BCUT2D eigenvalue weighted by molar-refractivity contribution is -0.144. The van der Waals surface area contributed by atoms with Crippen molar-refractivity contribution in [1.29, 1.82) is 0 Å². The van der Waals surface area contributed by atoms with E-state index in [1.54, 1.807) is 0 Å². The standard InChI is InChI=1S/C13H24O3/c1-13(2,3)8-6-4-5-7-12(14)16-10-11-9-15-11/h11H,4-10H2,1-3H3. The molecule has 16 heavy (non-hydrogen) atoms. The lowest BCUT2D eigenvalue weighted by Crippen LogP contribution is -2.09. The minimum absolute atomic E-state index is 0.0775. The summed E-state index contributed by atoms with van der Waals surface area (Å²) in [4.78, 5) is 11.3. The van der Waals surface area contributed by atoms with E-state index in [9.17, 15) is 4.79 Å². The van der Waals surface area contributed by atoms with Gasteiger partial charge in [0.05, 0.1) is 6.61 Å². The number of rotatable bonds is 7. The molecule has 0 aromatic rings. The molecule has 0 radical (unpaired) electrons. The molecule has 0 aliphatic carbocycles. The van der Waals surface area contributed by atoms with E-state index < -0.39 is 0 Å². The topological polar surface area (TPSA) is 38.8 Å². The molecule has 1 aliphatic heterocycles. The fourth-order valence-electron chi connectivity index (χ4n) is 1.52. The van der Waals surface area contributed by atoms with Crippen molar-refractivity contribution in [1.82, 2.24) is 0 Å². The maximum absolute atomic E-state index is 11.3. The van der Waals surface area contributed by atoms with Gasteiger partial charge >= 0.3 is 5.97 Å². The number of hydrogen-bond donors (Lipinski definition) is 0. The van der Waals surface area contributed by atoms with E-state index in [4.69, 9.17) is 9.47 Å². The van der Waals surface area contributed by atoms with E-state index >= 15 is 0 Å². The first-order valence-electron chi connectivity index (χ1n) is 6.24. The zero-order chi connectivity index (χ0) is 12.0. The van der Waals surface area contributed by atoms with Crippen molar-refractivity contribution in [3.05, 3.63) is 0 Å². The summed E-state index contributed by atoms with van der Waals surface area (Å²) in [7, 11) is 0. The Morgan fingerprint density at radius 3 is 2.56 bits per heavy atom. The Balaban J connectivity index is 1.87. The number of carbonyl (C=O) groups excluding carboxylic acids is 1. The third-order valence-corrected chi connectivity index (χ3v) is 2.64. The number of carbonyl (C=O) groups is 1. The van der Waals surface area contributed by atoms with Gasteiger partial charge in [0.2, 0.25) is 0 Å². The Morgan fingerprint density at radius 1 is 1.31 bits per heavy atom. The highest BCUT2D eigenvalue weighted by molar-refractivity contribution is 5.69. The molecule has 0 aromatic heterocycles. The highest BCUT2D eigenvalue weighted by Crippen LogP contribution is 2.22. The number of unbranched alkanes of at least 4 members (excludes halogenated alkanes) is 2. The van der Waals surface area contributed by atoms with Crippen LogP contribution >= 0.6 is 0 Å². The smallest absolute Gasteiger partial charge is 0.305 e. The number of esters is 1. The Morgan fingerprint density at radius 2 is 2.00 bits per heavy atom. The van der Waals surface area contributed by atoms with Crippen molar-refractivity contribution in [2.75, 3.05) is 13.2 Å². The van der Waals surface area contributed by atoms with Crippen LogP contribution in [0.3, 0.4) is 0 Å². The van der Waals surface area contributed by atoms with Gasteiger partial charge in [-0.3, -0.25) is 4.79 Å². The van der Waals surface area contributed by atoms with Crippen molar-refractivity contribution in [3.63, 3.8) is 0 Å². The molecule has 1 unspecified atom stereocenters. The van der Waals surface area contributed by atoms with Gasteiger partial charge in [0.25, 0.3) is 0 Å². The van der Waals surface area contributed by atoms with Gasteiger partial charge in [-0.25, -0.2) is 0 Å². The van der Waals surface area contributed by atoms with Crippen LogP contribution < -0.4 is 0 Å². The number of epoxide rings is 1. The van der Waals surface area contributed by atoms with Gasteiger partial charge < -0.3 is 9.47 Å². The Labute approximate surface area is 98.5 Å². The van der Waals surface area contributed by atoms with Crippen molar-refractivity contribution < 1.29 is 14.3 Å². The van der Waals surface area contributed by atoms with Crippen LogP contribution in [0.4, 0.5) is 0 Å². The molecule has 0 saturated carbocycles. The molecule has 1 rings (SSSR count). The molecule has 3 nitrogen and oxygen atoms in total. The van der Waals surface area contributed by atoms with Crippen LogP contribution in [0.5, 0.6) is 0 Å². The van der Waals surface area contributed by atoms with Crippen molar-refractivity contribution in [3.8, 4) is 0 Å². The predicted octanol–water partition coefficient (Wildman–Crippen LogP) is 2.93. The van der Waals surface area contributed by atoms with E-state index in [0.29, 0.717) is 18.4 Å². The predicted molar refractivity (Wildman–Crippen MR) is 63.2 cm³/mol. The minimum Gasteiger partial charge on any atom is -0.463 e. The SMILES string of the molecule is CC(C)(C)CCCCCC(=O)OCC1CO1. The van der Waals surface area contributed by atoms with Crippen LogP contribution in [0.2, 0.25) is 0 Å². The second-order valence-corrected chi connectivity index (χ2v) is 5.76. The fourth-order valence-corrected chi connectivity index (χ4v) is 1.52. The molecule has 3 heteroatoms. The minimum atomic E-state index is -0.0775. The first kappa shape index (κ1) is 13.5. The molecule has 0 amide bonds. The molecule has 1 fully saturated rings. The van der Waals surface area contributed by atoms with E-state index in [1.807, 2.05) is 0 Å². The quantitative estimate of drug-likeness (QED) is 0.382. The van der Waals surface area contributed by atoms with Gasteiger partial charge in [-0.05, 0) is 18.3 Å². The third kappa shape index (κ3) is 7.69. The van der Waals surface area contributed by atoms with Crippen LogP contribution in [0.15, 0.2) is 0 Å². The molecular formula is C13H24O3. The van der Waals surface area contributed by atoms with Gasteiger partial charge in [-0.15, -0.1) is 0 Å². The van der Waals surface area contributed by atoms with Crippen LogP contribution in [0.1, 0.15) is 52.9 Å². The van der Waals surface area contributed by atoms with Crippen LogP contribution in [-0.2, 0) is 14.3 Å². The Kier molecular flexibility index (Phi) is 5.26. The summed E-state index contributed by atoms with van der Waals surface area (Å²) < 4.78 is 10.0. The maximum Gasteiger partial charge on any atom is 0.305 e. The summed E-state index contributed by atoms with van der Waals surface area (Å²) in [5.74, 6) is -0.0775. The number of ether oxygens (including phenoxy) is 2. The van der Waals surface area contributed by atoms with E-state index in [1.165, 1.54) is 12.8 Å². The molecule has 0 aromatic carbocycles. The van der Waals surface area contributed by atoms with Crippen molar-refractivity contribution in [2.24, 2.45) is 5.41 Å². The fraction of sp³-hybridized carbons (Fsp3) is 0.923. The molecule has 1 saturated heterocycles. The lowest BCUT2D eigenvalue weighted by atomic mass is 9.89.